The van der Waals surface area contributed by atoms with Crippen LogP contribution in [0.5, 0.6) is 5.75 Å². The molecule has 1 atom stereocenters. The van der Waals surface area contributed by atoms with Crippen LogP contribution < -0.4 is 0 Å². The fraction of sp³-hybridized carbons (Fsp3) is 0.400. The first-order valence-corrected chi connectivity index (χ1v) is 6.39. The van der Waals surface area contributed by atoms with Gasteiger partial charge in [0.2, 0.25) is 10.0 Å². The lowest BCUT2D eigenvalue weighted by molar-refractivity contribution is 0.383. The molecule has 0 aliphatic carbocycles. The lowest BCUT2D eigenvalue weighted by atomic mass is 10.1. The van der Waals surface area contributed by atoms with Gasteiger partial charge in [0.15, 0.2) is 0 Å². The van der Waals surface area contributed by atoms with Crippen molar-refractivity contribution in [1.29, 1.82) is 0 Å². The van der Waals surface area contributed by atoms with E-state index in [4.69, 9.17) is 0 Å². The lowest BCUT2D eigenvalue weighted by Gasteiger charge is -2.23. The van der Waals surface area contributed by atoms with Gasteiger partial charge < -0.3 is 5.11 Å². The summed E-state index contributed by atoms with van der Waals surface area (Å²) in [7, 11) is -1.75. The van der Waals surface area contributed by atoms with E-state index in [1.807, 2.05) is 0 Å². The maximum atomic E-state index is 11.3. The molecule has 15 heavy (non-hydrogen) atoms. The number of nitrogens with zero attached hydrogens (tertiary/aromatic N) is 1. The maximum Gasteiger partial charge on any atom is 0.211 e. The summed E-state index contributed by atoms with van der Waals surface area (Å²) < 4.78 is 23.8. The first kappa shape index (κ1) is 12.0. The second kappa shape index (κ2) is 4.20. The molecule has 1 aromatic rings. The molecule has 1 N–H and O–H groups in total. The second-order valence-electron chi connectivity index (χ2n) is 3.51. The SMILES string of the molecule is CC(c1ccccc1O)N(C)S(C)(=O)=O. The summed E-state index contributed by atoms with van der Waals surface area (Å²) in [5.74, 6) is 0.112. The Balaban J connectivity index is 3.06. The number of para-hydroxylation sites is 1. The summed E-state index contributed by atoms with van der Waals surface area (Å²) in [6.45, 7) is 1.73. The highest BCUT2D eigenvalue weighted by molar-refractivity contribution is 7.88. The minimum Gasteiger partial charge on any atom is -0.508 e. The summed E-state index contributed by atoms with van der Waals surface area (Å²) in [5.41, 5.74) is 0.602. The number of sulfonamides is 1. The molecule has 0 saturated heterocycles. The molecule has 0 amide bonds. The number of phenols is 1. The number of aromatic hydroxyl groups is 1. The van der Waals surface area contributed by atoms with Crippen molar-refractivity contribution >= 4 is 10.0 Å². The van der Waals surface area contributed by atoms with E-state index in [2.05, 4.69) is 0 Å². The molecule has 0 fully saturated rings. The molecule has 0 heterocycles. The second-order valence-corrected chi connectivity index (χ2v) is 5.56. The number of rotatable bonds is 3. The smallest absolute Gasteiger partial charge is 0.211 e. The normalized spacial score (nSPS) is 14.1. The van der Waals surface area contributed by atoms with E-state index >= 15 is 0 Å². The molecule has 1 rings (SSSR count). The van der Waals surface area contributed by atoms with Gasteiger partial charge in [-0.2, -0.15) is 4.31 Å². The van der Waals surface area contributed by atoms with E-state index in [-0.39, 0.29) is 11.8 Å². The van der Waals surface area contributed by atoms with E-state index in [9.17, 15) is 13.5 Å². The summed E-state index contributed by atoms with van der Waals surface area (Å²) in [6.07, 6.45) is 1.14. The molecule has 0 aliphatic rings. The highest BCUT2D eigenvalue weighted by Gasteiger charge is 2.21. The Morgan fingerprint density at radius 1 is 1.33 bits per heavy atom. The Morgan fingerprint density at radius 2 is 1.87 bits per heavy atom. The van der Waals surface area contributed by atoms with E-state index in [1.54, 1.807) is 31.2 Å². The van der Waals surface area contributed by atoms with Gasteiger partial charge in [0.05, 0.1) is 12.3 Å². The van der Waals surface area contributed by atoms with Crippen molar-refractivity contribution in [1.82, 2.24) is 4.31 Å². The number of hydrogen-bond donors (Lipinski definition) is 1. The molecule has 5 heteroatoms. The van der Waals surface area contributed by atoms with Crippen molar-refractivity contribution in [2.45, 2.75) is 13.0 Å². The van der Waals surface area contributed by atoms with Crippen LogP contribution in [0.2, 0.25) is 0 Å². The molecule has 4 nitrogen and oxygen atoms in total. The maximum absolute atomic E-state index is 11.3. The highest BCUT2D eigenvalue weighted by atomic mass is 32.2. The zero-order valence-corrected chi connectivity index (χ0v) is 9.82. The Kier molecular flexibility index (Phi) is 3.36. The molecule has 0 spiro atoms. The molecule has 1 unspecified atom stereocenters. The summed E-state index contributed by atoms with van der Waals surface area (Å²) >= 11 is 0. The quantitative estimate of drug-likeness (QED) is 0.851. The van der Waals surface area contributed by atoms with Crippen LogP contribution in [0, 0.1) is 0 Å². The van der Waals surface area contributed by atoms with E-state index in [0.717, 1.165) is 6.26 Å². The highest BCUT2D eigenvalue weighted by Crippen LogP contribution is 2.28. The van der Waals surface area contributed by atoms with Gasteiger partial charge in [0.25, 0.3) is 0 Å². The molecule has 0 saturated carbocycles. The Hall–Kier alpha value is -1.07. The minimum absolute atomic E-state index is 0.112. The number of phenolic OH excluding ortho intramolecular Hbond substituents is 1. The van der Waals surface area contributed by atoms with Crippen LogP contribution in [0.1, 0.15) is 18.5 Å². The van der Waals surface area contributed by atoms with Gasteiger partial charge in [0.1, 0.15) is 5.75 Å². The number of hydrogen-bond acceptors (Lipinski definition) is 3. The average molecular weight is 229 g/mol. The Morgan fingerprint density at radius 3 is 2.33 bits per heavy atom. The van der Waals surface area contributed by atoms with Crippen LogP contribution in [0.15, 0.2) is 24.3 Å². The van der Waals surface area contributed by atoms with Gasteiger partial charge in [-0.05, 0) is 13.0 Å². The summed E-state index contributed by atoms with van der Waals surface area (Å²) in [5, 5.41) is 9.57. The zero-order chi connectivity index (χ0) is 11.6. The fourth-order valence-electron chi connectivity index (χ4n) is 1.32. The number of benzene rings is 1. The van der Waals surface area contributed by atoms with Crippen molar-refractivity contribution in [3.63, 3.8) is 0 Å². The third-order valence-electron chi connectivity index (χ3n) is 2.46. The van der Waals surface area contributed by atoms with E-state index in [1.165, 1.54) is 11.4 Å². The molecule has 84 valence electrons. The van der Waals surface area contributed by atoms with Gasteiger partial charge in [-0.25, -0.2) is 8.42 Å². The van der Waals surface area contributed by atoms with Crippen molar-refractivity contribution in [2.24, 2.45) is 0 Å². The summed E-state index contributed by atoms with van der Waals surface area (Å²) in [4.78, 5) is 0. The molecule has 0 radical (unpaired) electrons. The minimum atomic E-state index is -3.24. The van der Waals surface area contributed by atoms with Gasteiger partial charge in [0, 0.05) is 12.6 Å². The zero-order valence-electron chi connectivity index (χ0n) is 9.01. The molecular formula is C10H15NO3S. The van der Waals surface area contributed by atoms with Gasteiger partial charge >= 0.3 is 0 Å². The molecule has 0 aliphatic heterocycles. The van der Waals surface area contributed by atoms with Crippen LogP contribution in [0.3, 0.4) is 0 Å². The van der Waals surface area contributed by atoms with Crippen LogP contribution in [-0.2, 0) is 10.0 Å². The Bertz CT molecular complexity index is 442. The fourth-order valence-corrected chi connectivity index (χ4v) is 2.01. The average Bonchev–Trinajstić information content (AvgIpc) is 2.15. The predicted molar refractivity (Wildman–Crippen MR) is 59.1 cm³/mol. The van der Waals surface area contributed by atoms with Gasteiger partial charge in [-0.1, -0.05) is 18.2 Å². The topological polar surface area (TPSA) is 57.6 Å². The standard InChI is InChI=1S/C10H15NO3S/c1-8(11(2)15(3,13)14)9-6-4-5-7-10(9)12/h4-8,12H,1-3H3. The van der Waals surface area contributed by atoms with E-state index < -0.39 is 10.0 Å². The van der Waals surface area contributed by atoms with Crippen molar-refractivity contribution < 1.29 is 13.5 Å². The summed E-state index contributed by atoms with van der Waals surface area (Å²) in [6, 6.07) is 6.35. The molecule has 0 bridgehead atoms. The van der Waals surface area contributed by atoms with Crippen LogP contribution in [0.25, 0.3) is 0 Å². The van der Waals surface area contributed by atoms with Crippen molar-refractivity contribution in [3.8, 4) is 5.75 Å². The molecular weight excluding hydrogens is 214 g/mol. The van der Waals surface area contributed by atoms with Gasteiger partial charge in [-0.3, -0.25) is 0 Å². The van der Waals surface area contributed by atoms with E-state index in [0.29, 0.717) is 5.56 Å². The van der Waals surface area contributed by atoms with Crippen LogP contribution in [0.4, 0.5) is 0 Å². The lowest BCUT2D eigenvalue weighted by Crippen LogP contribution is -2.28. The van der Waals surface area contributed by atoms with Crippen LogP contribution in [-0.4, -0.2) is 31.1 Å². The largest absolute Gasteiger partial charge is 0.508 e. The first-order valence-electron chi connectivity index (χ1n) is 4.55. The first-order chi connectivity index (χ1) is 6.84. The van der Waals surface area contributed by atoms with Gasteiger partial charge in [-0.15, -0.1) is 0 Å². The third kappa shape index (κ3) is 2.70. The van der Waals surface area contributed by atoms with Crippen molar-refractivity contribution in [3.05, 3.63) is 29.8 Å². The van der Waals surface area contributed by atoms with Crippen LogP contribution >= 0.6 is 0 Å². The molecule has 0 aromatic heterocycles. The monoisotopic (exact) mass is 229 g/mol. The molecule has 1 aromatic carbocycles. The third-order valence-corrected chi connectivity index (χ3v) is 3.82. The van der Waals surface area contributed by atoms with Crippen molar-refractivity contribution in [2.75, 3.05) is 13.3 Å². The predicted octanol–water partition coefficient (Wildman–Crippen LogP) is 1.34. The Labute approximate surface area is 90.2 Å².